The molecule has 1 aromatic heterocycles. The van der Waals surface area contributed by atoms with E-state index in [2.05, 4.69) is 15.5 Å². The predicted molar refractivity (Wildman–Crippen MR) is 88.5 cm³/mol. The second-order valence-corrected chi connectivity index (χ2v) is 6.34. The normalized spacial score (nSPS) is 17.9. The first kappa shape index (κ1) is 16.5. The molecule has 2 aromatic rings. The van der Waals surface area contributed by atoms with Crippen LogP contribution in [0.4, 0.5) is 0 Å². The largest absolute Gasteiger partial charge is 0.481 e. The van der Waals surface area contributed by atoms with Crippen LogP contribution >= 0.6 is 0 Å². The minimum absolute atomic E-state index is 0.164. The van der Waals surface area contributed by atoms with E-state index in [0.29, 0.717) is 17.5 Å². The molecule has 6 nitrogen and oxygen atoms in total. The molecule has 0 aliphatic heterocycles. The van der Waals surface area contributed by atoms with Gasteiger partial charge in [-0.3, -0.25) is 4.79 Å². The number of aryl methyl sites for hydroxylation is 1. The molecular weight excluding hydrogens is 306 g/mol. The Kier molecular flexibility index (Phi) is 4.83. The van der Waals surface area contributed by atoms with Crippen molar-refractivity contribution in [2.45, 2.75) is 57.6 Å². The highest BCUT2D eigenvalue weighted by Gasteiger charge is 2.40. The van der Waals surface area contributed by atoms with Gasteiger partial charge in [-0.05, 0) is 31.9 Å². The average Bonchev–Trinajstić information content (AvgIpc) is 3.04. The molecule has 0 saturated heterocycles. The highest BCUT2D eigenvalue weighted by Crippen LogP contribution is 2.35. The van der Waals surface area contributed by atoms with Gasteiger partial charge in [0.05, 0.1) is 0 Å². The van der Waals surface area contributed by atoms with E-state index in [9.17, 15) is 4.79 Å². The van der Waals surface area contributed by atoms with Gasteiger partial charge in [0.2, 0.25) is 5.89 Å². The Morgan fingerprint density at radius 1 is 1.25 bits per heavy atom. The number of nitrogens with zero attached hydrogens (tertiary/aromatic N) is 2. The minimum Gasteiger partial charge on any atom is -0.481 e. The molecule has 1 aliphatic carbocycles. The first-order valence-electron chi connectivity index (χ1n) is 8.44. The van der Waals surface area contributed by atoms with Gasteiger partial charge in [-0.1, -0.05) is 42.6 Å². The number of benzene rings is 1. The summed E-state index contributed by atoms with van der Waals surface area (Å²) in [6.45, 7) is 3.51. The fourth-order valence-corrected chi connectivity index (χ4v) is 3.15. The molecule has 24 heavy (non-hydrogen) atoms. The Hall–Kier alpha value is -2.37. The number of para-hydroxylation sites is 1. The Bertz CT molecular complexity index is 678. The standard InChI is InChI=1S/C18H23N3O3/c1-13(23-15-9-5-3-6-10-15)16(22)20-18(11-7-4-8-12-18)17-19-14(2)24-21-17/h3,5-6,9-10,13H,4,7-8,11-12H2,1-2H3,(H,20,22)/t13-/m0/s1. The van der Waals surface area contributed by atoms with Gasteiger partial charge < -0.3 is 14.6 Å². The SMILES string of the molecule is Cc1nc(C2(NC(=O)[C@H](C)Oc3ccccc3)CCCCC2)no1. The Morgan fingerprint density at radius 3 is 2.58 bits per heavy atom. The second kappa shape index (κ2) is 7.03. The third kappa shape index (κ3) is 3.58. The van der Waals surface area contributed by atoms with Gasteiger partial charge in [-0.25, -0.2) is 0 Å². The summed E-state index contributed by atoms with van der Waals surface area (Å²) in [5, 5.41) is 7.20. The number of hydrogen-bond acceptors (Lipinski definition) is 5. The van der Waals surface area contributed by atoms with Gasteiger partial charge >= 0.3 is 0 Å². The fourth-order valence-electron chi connectivity index (χ4n) is 3.15. The van der Waals surface area contributed by atoms with Crippen molar-refractivity contribution in [1.82, 2.24) is 15.5 Å². The number of ether oxygens (including phenoxy) is 1. The molecule has 0 bridgehead atoms. The zero-order valence-corrected chi connectivity index (χ0v) is 14.1. The van der Waals surface area contributed by atoms with Crippen LogP contribution in [0.5, 0.6) is 5.75 Å². The molecule has 1 aromatic carbocycles. The van der Waals surface area contributed by atoms with E-state index in [0.717, 1.165) is 32.1 Å². The van der Waals surface area contributed by atoms with E-state index in [1.807, 2.05) is 30.3 Å². The fraction of sp³-hybridized carbons (Fsp3) is 0.500. The summed E-state index contributed by atoms with van der Waals surface area (Å²) in [6.07, 6.45) is 4.25. The number of rotatable bonds is 5. The van der Waals surface area contributed by atoms with E-state index in [-0.39, 0.29) is 5.91 Å². The Labute approximate surface area is 141 Å². The summed E-state index contributed by atoms with van der Waals surface area (Å²) < 4.78 is 10.9. The van der Waals surface area contributed by atoms with Crippen LogP contribution in [0.1, 0.15) is 50.7 Å². The topological polar surface area (TPSA) is 77.2 Å². The number of amides is 1. The summed E-state index contributed by atoms with van der Waals surface area (Å²) in [7, 11) is 0. The summed E-state index contributed by atoms with van der Waals surface area (Å²) in [4.78, 5) is 17.0. The van der Waals surface area contributed by atoms with Crippen molar-refractivity contribution in [3.05, 3.63) is 42.0 Å². The van der Waals surface area contributed by atoms with Gasteiger partial charge in [0.1, 0.15) is 11.3 Å². The molecule has 1 aliphatic rings. The van der Waals surface area contributed by atoms with Crippen molar-refractivity contribution in [3.8, 4) is 5.75 Å². The number of aromatic nitrogens is 2. The van der Waals surface area contributed by atoms with Crippen LogP contribution in [0.3, 0.4) is 0 Å². The van der Waals surface area contributed by atoms with Crippen molar-refractivity contribution in [2.24, 2.45) is 0 Å². The molecular formula is C18H23N3O3. The number of hydrogen-bond donors (Lipinski definition) is 1. The molecule has 1 saturated carbocycles. The van der Waals surface area contributed by atoms with Crippen LogP contribution in [0.25, 0.3) is 0 Å². The maximum atomic E-state index is 12.7. The molecule has 1 fully saturated rings. The van der Waals surface area contributed by atoms with Gasteiger partial charge in [0.25, 0.3) is 5.91 Å². The van der Waals surface area contributed by atoms with Gasteiger partial charge in [-0.15, -0.1) is 0 Å². The van der Waals surface area contributed by atoms with E-state index in [1.54, 1.807) is 13.8 Å². The lowest BCUT2D eigenvalue weighted by atomic mass is 9.81. The van der Waals surface area contributed by atoms with Crippen molar-refractivity contribution >= 4 is 5.91 Å². The number of nitrogens with one attached hydrogen (secondary N) is 1. The van der Waals surface area contributed by atoms with Gasteiger partial charge in [-0.2, -0.15) is 4.98 Å². The quantitative estimate of drug-likeness (QED) is 0.912. The molecule has 1 amide bonds. The average molecular weight is 329 g/mol. The third-order valence-corrected chi connectivity index (χ3v) is 4.45. The molecule has 0 radical (unpaired) electrons. The van der Waals surface area contributed by atoms with Crippen LogP contribution in [0.2, 0.25) is 0 Å². The second-order valence-electron chi connectivity index (χ2n) is 6.34. The van der Waals surface area contributed by atoms with Crippen LogP contribution in [-0.2, 0) is 10.3 Å². The molecule has 1 heterocycles. The maximum Gasteiger partial charge on any atom is 0.261 e. The Balaban J connectivity index is 1.73. The molecule has 0 spiro atoms. The predicted octanol–water partition coefficient (Wildman–Crippen LogP) is 3.12. The summed E-state index contributed by atoms with van der Waals surface area (Å²) in [6, 6.07) is 9.34. The lowest BCUT2D eigenvalue weighted by Gasteiger charge is -2.36. The summed E-state index contributed by atoms with van der Waals surface area (Å²) in [5.41, 5.74) is -0.554. The van der Waals surface area contributed by atoms with E-state index in [1.165, 1.54) is 0 Å². The minimum atomic E-state index is -0.598. The summed E-state index contributed by atoms with van der Waals surface area (Å²) in [5.74, 6) is 1.59. The lowest BCUT2D eigenvalue weighted by Crippen LogP contribution is -2.51. The molecule has 1 atom stereocenters. The van der Waals surface area contributed by atoms with Crippen LogP contribution in [-0.4, -0.2) is 22.2 Å². The van der Waals surface area contributed by atoms with Crippen LogP contribution in [0.15, 0.2) is 34.9 Å². The third-order valence-electron chi connectivity index (χ3n) is 4.45. The molecule has 6 heteroatoms. The summed E-state index contributed by atoms with van der Waals surface area (Å²) >= 11 is 0. The maximum absolute atomic E-state index is 12.7. The van der Waals surface area contributed by atoms with E-state index < -0.39 is 11.6 Å². The smallest absolute Gasteiger partial charge is 0.261 e. The highest BCUT2D eigenvalue weighted by molar-refractivity contribution is 5.81. The van der Waals surface area contributed by atoms with Gasteiger partial charge in [0, 0.05) is 6.92 Å². The van der Waals surface area contributed by atoms with E-state index >= 15 is 0 Å². The van der Waals surface area contributed by atoms with E-state index in [4.69, 9.17) is 9.26 Å². The monoisotopic (exact) mass is 329 g/mol. The highest BCUT2D eigenvalue weighted by atomic mass is 16.5. The molecule has 128 valence electrons. The first-order valence-corrected chi connectivity index (χ1v) is 8.44. The van der Waals surface area contributed by atoms with Gasteiger partial charge in [0.15, 0.2) is 11.9 Å². The van der Waals surface area contributed by atoms with Crippen molar-refractivity contribution < 1.29 is 14.1 Å². The van der Waals surface area contributed by atoms with Crippen molar-refractivity contribution in [3.63, 3.8) is 0 Å². The Morgan fingerprint density at radius 2 is 1.96 bits per heavy atom. The van der Waals surface area contributed by atoms with Crippen LogP contribution < -0.4 is 10.1 Å². The molecule has 3 rings (SSSR count). The van der Waals surface area contributed by atoms with Crippen molar-refractivity contribution in [2.75, 3.05) is 0 Å². The zero-order chi connectivity index (χ0) is 17.0. The zero-order valence-electron chi connectivity index (χ0n) is 14.1. The lowest BCUT2D eigenvalue weighted by molar-refractivity contribution is -0.130. The number of carbonyl (C=O) groups is 1. The molecule has 0 unspecified atom stereocenters. The molecule has 1 N–H and O–H groups in total. The first-order chi connectivity index (χ1) is 11.6. The van der Waals surface area contributed by atoms with Crippen LogP contribution in [0, 0.1) is 6.92 Å². The van der Waals surface area contributed by atoms with Crippen molar-refractivity contribution in [1.29, 1.82) is 0 Å². The number of carbonyl (C=O) groups excluding carboxylic acids is 1.